The van der Waals surface area contributed by atoms with Gasteiger partial charge >= 0.3 is 11.9 Å². The molecule has 8 nitrogen and oxygen atoms in total. The summed E-state index contributed by atoms with van der Waals surface area (Å²) in [6.07, 6.45) is 0.0786. The highest BCUT2D eigenvalue weighted by atomic mass is 32.2. The molecule has 0 aliphatic carbocycles. The summed E-state index contributed by atoms with van der Waals surface area (Å²) >= 11 is 0. The summed E-state index contributed by atoms with van der Waals surface area (Å²) in [5.41, 5.74) is 0. The van der Waals surface area contributed by atoms with E-state index in [0.29, 0.717) is 0 Å². The maximum Gasteiger partial charge on any atom is 0.321 e. The summed E-state index contributed by atoms with van der Waals surface area (Å²) in [7, 11) is -1.49. The lowest BCUT2D eigenvalue weighted by Gasteiger charge is -2.21. The largest absolute Gasteiger partial charge is 0.480 e. The van der Waals surface area contributed by atoms with Gasteiger partial charge in [0.2, 0.25) is 0 Å². The van der Waals surface area contributed by atoms with E-state index in [2.05, 4.69) is 9.46 Å². The van der Waals surface area contributed by atoms with Crippen molar-refractivity contribution in [3.05, 3.63) is 0 Å². The first kappa shape index (κ1) is 18.8. The van der Waals surface area contributed by atoms with Gasteiger partial charge in [-0.25, -0.2) is 0 Å². The molecule has 0 aromatic rings. The number of carboxylic acids is 1. The summed E-state index contributed by atoms with van der Waals surface area (Å²) in [4.78, 5) is 22.0. The van der Waals surface area contributed by atoms with Gasteiger partial charge in [-0.3, -0.25) is 9.59 Å². The molecule has 0 aliphatic rings. The molecule has 0 heterocycles. The first-order valence-electron chi connectivity index (χ1n) is 6.13. The van der Waals surface area contributed by atoms with E-state index in [1.807, 2.05) is 0 Å². The Morgan fingerprint density at radius 3 is 2.30 bits per heavy atom. The fourth-order valence-electron chi connectivity index (χ4n) is 1.41. The van der Waals surface area contributed by atoms with E-state index in [1.165, 1.54) is 14.2 Å². The van der Waals surface area contributed by atoms with Gasteiger partial charge in [0, 0.05) is 13.6 Å². The third kappa shape index (κ3) is 6.83. The van der Waals surface area contributed by atoms with Crippen molar-refractivity contribution in [2.45, 2.75) is 32.7 Å². The molecule has 0 aliphatic heterocycles. The minimum Gasteiger partial charge on any atom is -0.480 e. The van der Waals surface area contributed by atoms with Crippen molar-refractivity contribution in [3.8, 4) is 0 Å². The Bertz CT molecular complexity index is 434. The van der Waals surface area contributed by atoms with Crippen molar-refractivity contribution in [2.75, 3.05) is 20.7 Å². The van der Waals surface area contributed by atoms with E-state index in [-0.39, 0.29) is 25.3 Å². The second-order valence-corrected chi connectivity index (χ2v) is 6.60. The number of carbonyl (C=O) groups is 2. The molecule has 9 heteroatoms. The third-order valence-electron chi connectivity index (χ3n) is 2.57. The number of esters is 1. The number of nitrogens with one attached hydrogen (secondary N) is 1. The molecular weight excluding hydrogens is 288 g/mol. The van der Waals surface area contributed by atoms with Crippen molar-refractivity contribution < 1.29 is 27.9 Å². The zero-order chi connectivity index (χ0) is 15.9. The normalized spacial score (nSPS) is 13.5. The summed E-state index contributed by atoms with van der Waals surface area (Å²) < 4.78 is 31.3. The highest BCUT2D eigenvalue weighted by Crippen LogP contribution is 2.08. The Morgan fingerprint density at radius 1 is 1.35 bits per heavy atom. The molecule has 2 N–H and O–H groups in total. The highest BCUT2D eigenvalue weighted by Gasteiger charge is 2.27. The number of carboxylic acid groups (broad SMARTS) is 1. The molecule has 0 spiro atoms. The molecule has 0 saturated heterocycles. The SMILES string of the molecule is COC(=O)CCN(C)S(=O)(=O)NC(CC(C)C)C(=O)O. The number of hydrogen-bond donors (Lipinski definition) is 2. The number of ether oxygens (including phenoxy) is 1. The van der Waals surface area contributed by atoms with Crippen molar-refractivity contribution in [1.29, 1.82) is 0 Å². The second-order valence-electron chi connectivity index (χ2n) is 4.79. The lowest BCUT2D eigenvalue weighted by molar-refractivity contribution is -0.141. The maximum absolute atomic E-state index is 11.9. The number of nitrogens with zero attached hydrogens (tertiary/aromatic N) is 1. The maximum atomic E-state index is 11.9. The van der Waals surface area contributed by atoms with Crippen molar-refractivity contribution in [1.82, 2.24) is 9.03 Å². The summed E-state index contributed by atoms with van der Waals surface area (Å²) in [5, 5.41) is 9.00. The molecule has 1 atom stereocenters. The number of carbonyl (C=O) groups excluding carboxylic acids is 1. The molecule has 0 amide bonds. The van der Waals surface area contributed by atoms with Crippen LogP contribution in [0.4, 0.5) is 0 Å². The molecule has 0 saturated carbocycles. The number of methoxy groups -OCH3 is 1. The quantitative estimate of drug-likeness (QED) is 0.571. The van der Waals surface area contributed by atoms with E-state index in [0.717, 1.165) is 4.31 Å². The van der Waals surface area contributed by atoms with Gasteiger partial charge in [-0.2, -0.15) is 17.4 Å². The van der Waals surface area contributed by atoms with Crippen LogP contribution in [0.25, 0.3) is 0 Å². The zero-order valence-corrected chi connectivity index (χ0v) is 12.9. The lowest BCUT2D eigenvalue weighted by Crippen LogP contribution is -2.48. The Hall–Kier alpha value is -1.19. The first-order valence-corrected chi connectivity index (χ1v) is 7.57. The molecule has 20 heavy (non-hydrogen) atoms. The molecule has 0 aromatic carbocycles. The van der Waals surface area contributed by atoms with Crippen LogP contribution in [0.3, 0.4) is 0 Å². The van der Waals surface area contributed by atoms with Crippen molar-refractivity contribution in [3.63, 3.8) is 0 Å². The van der Waals surface area contributed by atoms with Gasteiger partial charge in [-0.05, 0) is 12.3 Å². The second kappa shape index (κ2) is 8.18. The van der Waals surface area contributed by atoms with E-state index in [9.17, 15) is 18.0 Å². The fraction of sp³-hybridized carbons (Fsp3) is 0.818. The molecule has 1 unspecified atom stereocenters. The van der Waals surface area contributed by atoms with Crippen molar-refractivity contribution >= 4 is 22.1 Å². The smallest absolute Gasteiger partial charge is 0.321 e. The Morgan fingerprint density at radius 2 is 1.90 bits per heavy atom. The Kier molecular flexibility index (Phi) is 7.69. The van der Waals surface area contributed by atoms with E-state index in [1.54, 1.807) is 13.8 Å². The van der Waals surface area contributed by atoms with Crippen LogP contribution in [0.5, 0.6) is 0 Å². The van der Waals surface area contributed by atoms with Crippen molar-refractivity contribution in [2.24, 2.45) is 5.92 Å². The molecule has 0 bridgehead atoms. The predicted octanol–water partition coefficient (Wildman–Crippen LogP) is -0.185. The predicted molar refractivity (Wildman–Crippen MR) is 72.2 cm³/mol. The molecule has 0 radical (unpaired) electrons. The number of hydrogen-bond acceptors (Lipinski definition) is 5. The molecule has 0 aromatic heterocycles. The van der Waals surface area contributed by atoms with Gasteiger partial charge in [0.1, 0.15) is 6.04 Å². The molecule has 0 rings (SSSR count). The summed E-state index contributed by atoms with van der Waals surface area (Å²) in [6.45, 7) is 3.51. The van der Waals surface area contributed by atoms with Crippen LogP contribution in [0, 0.1) is 5.92 Å². The van der Waals surface area contributed by atoms with Gasteiger partial charge in [0.25, 0.3) is 10.2 Å². The topological polar surface area (TPSA) is 113 Å². The van der Waals surface area contributed by atoms with Crippen LogP contribution >= 0.6 is 0 Å². The first-order chi connectivity index (χ1) is 9.10. The van der Waals surface area contributed by atoms with E-state index in [4.69, 9.17) is 5.11 Å². The average molecular weight is 310 g/mol. The minimum absolute atomic E-state index is 0.0270. The summed E-state index contributed by atoms with van der Waals surface area (Å²) in [5.74, 6) is -1.74. The standard InChI is InChI=1S/C11H22N2O6S/c1-8(2)7-9(11(15)16)12-20(17,18)13(3)6-5-10(14)19-4/h8-9,12H,5-7H2,1-4H3,(H,15,16). The Balaban J connectivity index is 4.68. The zero-order valence-electron chi connectivity index (χ0n) is 12.1. The van der Waals surface area contributed by atoms with Gasteiger partial charge in [0.15, 0.2) is 0 Å². The Labute approximate surface area is 119 Å². The van der Waals surface area contributed by atoms with Crippen LogP contribution in [0.2, 0.25) is 0 Å². The van der Waals surface area contributed by atoms with Crippen LogP contribution in [0.1, 0.15) is 26.7 Å². The molecular formula is C11H22N2O6S. The highest BCUT2D eigenvalue weighted by molar-refractivity contribution is 7.87. The van der Waals surface area contributed by atoms with Gasteiger partial charge in [0.05, 0.1) is 13.5 Å². The molecule has 0 fully saturated rings. The number of aliphatic carboxylic acids is 1. The van der Waals surface area contributed by atoms with Crippen LogP contribution in [0.15, 0.2) is 0 Å². The van der Waals surface area contributed by atoms with E-state index >= 15 is 0 Å². The lowest BCUT2D eigenvalue weighted by atomic mass is 10.1. The van der Waals surface area contributed by atoms with Gasteiger partial charge < -0.3 is 9.84 Å². The fourth-order valence-corrected chi connectivity index (χ4v) is 2.48. The van der Waals surface area contributed by atoms with Gasteiger partial charge in [-0.1, -0.05) is 13.8 Å². The van der Waals surface area contributed by atoms with Crippen LogP contribution in [-0.2, 0) is 24.5 Å². The van der Waals surface area contributed by atoms with Gasteiger partial charge in [-0.15, -0.1) is 0 Å². The molecule has 118 valence electrons. The van der Waals surface area contributed by atoms with Crippen LogP contribution < -0.4 is 4.72 Å². The third-order valence-corrected chi connectivity index (χ3v) is 4.15. The monoisotopic (exact) mass is 310 g/mol. The van der Waals surface area contributed by atoms with Crippen LogP contribution in [-0.4, -0.2) is 56.5 Å². The summed E-state index contributed by atoms with van der Waals surface area (Å²) in [6, 6.07) is -1.19. The average Bonchev–Trinajstić information content (AvgIpc) is 2.33. The van der Waals surface area contributed by atoms with E-state index < -0.39 is 28.2 Å². The minimum atomic E-state index is -3.96. The number of rotatable bonds is 9.